The molecule has 1 aliphatic heterocycles. The quantitative estimate of drug-likeness (QED) is 0.523. The largest absolute Gasteiger partial charge is 0.456 e. The number of carbonyl (C=O) groups is 2. The summed E-state index contributed by atoms with van der Waals surface area (Å²) in [5.41, 5.74) is 4.98. The van der Waals surface area contributed by atoms with Crippen LogP contribution < -0.4 is 10.2 Å². The lowest BCUT2D eigenvalue weighted by atomic mass is 10.1. The fourth-order valence-corrected chi connectivity index (χ4v) is 4.78. The number of aryl methyl sites for hydroxylation is 2. The second kappa shape index (κ2) is 9.27. The van der Waals surface area contributed by atoms with E-state index in [1.165, 1.54) is 0 Å². The van der Waals surface area contributed by atoms with Gasteiger partial charge in [-0.3, -0.25) is 9.59 Å². The predicted octanol–water partition coefficient (Wildman–Crippen LogP) is 5.48. The summed E-state index contributed by atoms with van der Waals surface area (Å²) in [6.07, 6.45) is 0.185. The number of para-hydroxylation sites is 2. The van der Waals surface area contributed by atoms with Gasteiger partial charge in [0.25, 0.3) is 5.91 Å². The number of hydrogen-bond donors (Lipinski definition) is 1. The summed E-state index contributed by atoms with van der Waals surface area (Å²) in [7, 11) is 0. The number of hydrogen-bond acceptors (Lipinski definition) is 5. The fraction of sp³-hybridized carbons (Fsp3) is 0.200. The van der Waals surface area contributed by atoms with E-state index in [9.17, 15) is 9.59 Å². The van der Waals surface area contributed by atoms with Crippen molar-refractivity contribution >= 4 is 40.7 Å². The van der Waals surface area contributed by atoms with Gasteiger partial charge < -0.3 is 15.0 Å². The van der Waals surface area contributed by atoms with Crippen LogP contribution in [0.5, 0.6) is 0 Å². The number of carbonyl (C=O) groups excluding carboxylic acids is 2. The van der Waals surface area contributed by atoms with Gasteiger partial charge in [0.15, 0.2) is 6.61 Å². The summed E-state index contributed by atoms with van der Waals surface area (Å²) < 4.78 is 5.22. The van der Waals surface area contributed by atoms with Gasteiger partial charge in [-0.15, -0.1) is 0 Å². The third-order valence-corrected chi connectivity index (χ3v) is 6.07. The van der Waals surface area contributed by atoms with Gasteiger partial charge in [-0.2, -0.15) is 0 Å². The average molecular weight is 433 g/mol. The van der Waals surface area contributed by atoms with Crippen molar-refractivity contribution in [3.8, 4) is 0 Å². The van der Waals surface area contributed by atoms with Gasteiger partial charge in [-0.1, -0.05) is 42.1 Å². The molecule has 0 saturated heterocycles. The fourth-order valence-electron chi connectivity index (χ4n) is 3.69. The summed E-state index contributed by atoms with van der Waals surface area (Å²) in [6, 6.07) is 22.1. The van der Waals surface area contributed by atoms with Crippen LogP contribution in [0, 0.1) is 13.8 Å². The minimum atomic E-state index is -0.399. The lowest BCUT2D eigenvalue weighted by Gasteiger charge is -2.32. The summed E-state index contributed by atoms with van der Waals surface area (Å²) in [4.78, 5) is 29.0. The van der Waals surface area contributed by atoms with Crippen LogP contribution in [-0.2, 0) is 14.3 Å². The molecule has 5 nitrogen and oxygen atoms in total. The molecule has 6 heteroatoms. The minimum absolute atomic E-state index is 0.185. The lowest BCUT2D eigenvalue weighted by molar-refractivity contribution is -0.147. The first-order valence-corrected chi connectivity index (χ1v) is 11.0. The molecule has 0 atom stereocenters. The molecule has 0 aliphatic carbocycles. The Morgan fingerprint density at radius 2 is 1.48 bits per heavy atom. The van der Waals surface area contributed by atoms with Gasteiger partial charge in [-0.05, 0) is 61.4 Å². The number of nitrogens with zero attached hydrogens (tertiary/aromatic N) is 1. The first-order chi connectivity index (χ1) is 15.0. The molecule has 0 unspecified atom stereocenters. The highest BCUT2D eigenvalue weighted by Crippen LogP contribution is 2.47. The molecule has 3 aromatic carbocycles. The van der Waals surface area contributed by atoms with Crippen molar-refractivity contribution in [1.29, 1.82) is 0 Å². The number of anilines is 3. The molecule has 0 bridgehead atoms. The third kappa shape index (κ3) is 5.09. The molecule has 0 saturated carbocycles. The third-order valence-electron chi connectivity index (χ3n) is 4.94. The molecule has 4 rings (SSSR count). The Bertz CT molecular complexity index is 1060. The maximum absolute atomic E-state index is 12.3. The van der Waals surface area contributed by atoms with Gasteiger partial charge in [0.05, 0.1) is 17.8 Å². The van der Waals surface area contributed by atoms with Crippen molar-refractivity contribution in [2.24, 2.45) is 0 Å². The zero-order valence-electron chi connectivity index (χ0n) is 17.6. The predicted molar refractivity (Wildman–Crippen MR) is 124 cm³/mol. The van der Waals surface area contributed by atoms with Crippen molar-refractivity contribution in [3.05, 3.63) is 77.9 Å². The first kappa shape index (κ1) is 21.0. The van der Waals surface area contributed by atoms with E-state index in [0.717, 1.165) is 32.3 Å². The summed E-state index contributed by atoms with van der Waals surface area (Å²) >= 11 is 1.73. The van der Waals surface area contributed by atoms with E-state index in [1.807, 2.05) is 56.3 Å². The van der Waals surface area contributed by atoms with E-state index in [4.69, 9.17) is 4.74 Å². The zero-order chi connectivity index (χ0) is 21.8. The Morgan fingerprint density at radius 3 is 2.10 bits per heavy atom. The van der Waals surface area contributed by atoms with Gasteiger partial charge >= 0.3 is 5.97 Å². The van der Waals surface area contributed by atoms with Crippen molar-refractivity contribution in [2.45, 2.75) is 30.1 Å². The van der Waals surface area contributed by atoms with E-state index in [-0.39, 0.29) is 18.9 Å². The highest BCUT2D eigenvalue weighted by Gasteiger charge is 2.23. The van der Waals surface area contributed by atoms with Crippen LogP contribution in [0.4, 0.5) is 17.1 Å². The van der Waals surface area contributed by atoms with Crippen molar-refractivity contribution < 1.29 is 14.3 Å². The molecule has 0 fully saturated rings. The standard InChI is InChI=1S/C25H24N2O3S/c1-17-13-18(2)15-19(14-17)26-24(28)16-30-25(29)11-12-27-20-7-3-5-9-22(20)31-23-10-6-4-8-21(23)27/h3-10,13-15H,11-12,16H2,1-2H3,(H,26,28). The van der Waals surface area contributed by atoms with Crippen LogP contribution in [0.15, 0.2) is 76.5 Å². The van der Waals surface area contributed by atoms with Gasteiger partial charge in [0, 0.05) is 22.0 Å². The Morgan fingerprint density at radius 1 is 0.903 bits per heavy atom. The molecule has 1 aliphatic rings. The summed E-state index contributed by atoms with van der Waals surface area (Å²) in [5, 5.41) is 2.78. The molecule has 1 heterocycles. The lowest BCUT2D eigenvalue weighted by Crippen LogP contribution is -2.26. The number of esters is 1. The molecular weight excluding hydrogens is 408 g/mol. The topological polar surface area (TPSA) is 58.6 Å². The number of fused-ring (bicyclic) bond motifs is 2. The van der Waals surface area contributed by atoms with Crippen LogP contribution in [0.3, 0.4) is 0 Å². The number of rotatable bonds is 6. The van der Waals surface area contributed by atoms with Gasteiger partial charge in [0.1, 0.15) is 0 Å². The Kier molecular flexibility index (Phi) is 6.28. The number of ether oxygens (including phenoxy) is 1. The molecule has 0 aromatic heterocycles. The van der Waals surface area contributed by atoms with Crippen LogP contribution in [0.2, 0.25) is 0 Å². The number of benzene rings is 3. The average Bonchev–Trinajstić information content (AvgIpc) is 2.74. The van der Waals surface area contributed by atoms with Crippen molar-refractivity contribution in [1.82, 2.24) is 0 Å². The molecule has 0 radical (unpaired) electrons. The van der Waals surface area contributed by atoms with Crippen molar-refractivity contribution in [2.75, 3.05) is 23.4 Å². The van der Waals surface area contributed by atoms with Crippen LogP contribution in [-0.4, -0.2) is 25.0 Å². The molecule has 1 N–H and O–H groups in total. The number of nitrogens with one attached hydrogen (secondary N) is 1. The molecule has 31 heavy (non-hydrogen) atoms. The maximum Gasteiger partial charge on any atom is 0.308 e. The Hall–Kier alpha value is -3.25. The minimum Gasteiger partial charge on any atom is -0.456 e. The summed E-state index contributed by atoms with van der Waals surface area (Å²) in [6.45, 7) is 4.12. The molecule has 1 amide bonds. The molecule has 3 aromatic rings. The highest BCUT2D eigenvalue weighted by atomic mass is 32.2. The summed E-state index contributed by atoms with van der Waals surface area (Å²) in [5.74, 6) is -0.743. The number of amides is 1. The maximum atomic E-state index is 12.3. The Labute approximate surface area is 186 Å². The highest BCUT2D eigenvalue weighted by molar-refractivity contribution is 7.99. The van der Waals surface area contributed by atoms with E-state index >= 15 is 0 Å². The Balaban J connectivity index is 1.34. The van der Waals surface area contributed by atoms with E-state index < -0.39 is 5.97 Å². The second-order valence-corrected chi connectivity index (χ2v) is 8.61. The van der Waals surface area contributed by atoms with Gasteiger partial charge in [-0.25, -0.2) is 0 Å². The first-order valence-electron chi connectivity index (χ1n) is 10.2. The van der Waals surface area contributed by atoms with Gasteiger partial charge in [0.2, 0.25) is 0 Å². The van der Waals surface area contributed by atoms with E-state index in [1.54, 1.807) is 11.8 Å². The normalized spacial score (nSPS) is 12.0. The zero-order valence-corrected chi connectivity index (χ0v) is 18.4. The van der Waals surface area contributed by atoms with Crippen LogP contribution in [0.1, 0.15) is 17.5 Å². The molecule has 0 spiro atoms. The monoisotopic (exact) mass is 432 g/mol. The van der Waals surface area contributed by atoms with E-state index in [2.05, 4.69) is 34.5 Å². The van der Waals surface area contributed by atoms with Crippen molar-refractivity contribution in [3.63, 3.8) is 0 Å². The molecule has 158 valence electrons. The second-order valence-electron chi connectivity index (χ2n) is 7.52. The van der Waals surface area contributed by atoms with Crippen LogP contribution in [0.25, 0.3) is 0 Å². The smallest absolute Gasteiger partial charge is 0.308 e. The molecular formula is C25H24N2O3S. The van der Waals surface area contributed by atoms with E-state index in [0.29, 0.717) is 12.2 Å². The SMILES string of the molecule is Cc1cc(C)cc(NC(=O)COC(=O)CCN2c3ccccc3Sc3ccccc32)c1. The van der Waals surface area contributed by atoms with Crippen LogP contribution >= 0.6 is 11.8 Å².